The maximum atomic E-state index is 12.8. The van der Waals surface area contributed by atoms with Gasteiger partial charge >= 0.3 is 6.18 Å². The maximum Gasteiger partial charge on any atom is 0.416 e. The first-order valence-corrected chi connectivity index (χ1v) is 9.05. The number of anilines is 3. The van der Waals surface area contributed by atoms with Gasteiger partial charge in [-0.25, -0.2) is 0 Å². The number of hydrogen-bond donors (Lipinski definition) is 3. The Morgan fingerprint density at radius 3 is 2.33 bits per heavy atom. The van der Waals surface area contributed by atoms with E-state index < -0.39 is 17.0 Å². The minimum absolute atomic E-state index is 0.222. The van der Waals surface area contributed by atoms with Crippen LogP contribution in [0.3, 0.4) is 0 Å². The van der Waals surface area contributed by atoms with Crippen molar-refractivity contribution < 1.29 is 13.2 Å². The quantitative estimate of drug-likeness (QED) is 0.538. The van der Waals surface area contributed by atoms with Crippen molar-refractivity contribution in [3.63, 3.8) is 0 Å². The molecule has 0 bridgehead atoms. The van der Waals surface area contributed by atoms with Gasteiger partial charge < -0.3 is 16.4 Å². The molecular formula is C17H15B3F3N7. The summed E-state index contributed by atoms with van der Waals surface area (Å²) in [5.41, 5.74) is 5.67. The minimum Gasteiger partial charge on any atom is -0.352 e. The van der Waals surface area contributed by atoms with Crippen molar-refractivity contribution in [2.45, 2.75) is 29.8 Å². The zero-order valence-electron chi connectivity index (χ0n) is 15.7. The Morgan fingerprint density at radius 1 is 1.10 bits per heavy atom. The zero-order valence-corrected chi connectivity index (χ0v) is 15.7. The average molecular weight is 407 g/mol. The lowest BCUT2D eigenvalue weighted by Crippen LogP contribution is -2.36. The molecule has 4 rings (SSSR count). The Balaban J connectivity index is 1.70. The average Bonchev–Trinajstić information content (AvgIpc) is 3.21. The molecular weight excluding hydrogens is 392 g/mol. The first kappa shape index (κ1) is 20.6. The third-order valence-corrected chi connectivity index (χ3v) is 4.76. The van der Waals surface area contributed by atoms with E-state index in [0.29, 0.717) is 23.4 Å². The molecule has 148 valence electrons. The van der Waals surface area contributed by atoms with Crippen LogP contribution in [0.2, 0.25) is 0 Å². The van der Waals surface area contributed by atoms with E-state index >= 15 is 0 Å². The standard InChI is InChI=1S/C17H15B3F3N7/c18-17(19,20)30-13-11(7-26-30)12(28-14(29-13)25-8-15(24)5-6-15)27-10-3-1-9(2-4-10)16(21,22)23/h1-4,7H,5-6,8,24H2,(H2,25,27,28,29). The fourth-order valence-electron chi connectivity index (χ4n) is 2.84. The molecule has 1 aromatic carbocycles. The van der Waals surface area contributed by atoms with Crippen molar-refractivity contribution in [3.05, 3.63) is 36.0 Å². The molecule has 6 radical (unpaired) electrons. The SMILES string of the molecule is [B]C([B])([B])n1ncc2c(Nc3ccc(C(F)(F)F)cc3)nc(NCC3(N)CC3)nc21. The molecule has 0 atom stereocenters. The van der Waals surface area contributed by atoms with E-state index in [-0.39, 0.29) is 17.1 Å². The number of nitrogens with zero attached hydrogens (tertiary/aromatic N) is 4. The lowest BCUT2D eigenvalue weighted by Gasteiger charge is -2.22. The molecule has 0 unspecified atom stereocenters. The molecule has 4 N–H and O–H groups in total. The molecule has 0 aliphatic heterocycles. The monoisotopic (exact) mass is 407 g/mol. The van der Waals surface area contributed by atoms with Gasteiger partial charge in [0.1, 0.15) is 5.82 Å². The van der Waals surface area contributed by atoms with Gasteiger partial charge in [0.15, 0.2) is 5.65 Å². The normalized spacial score (nSPS) is 15.9. The molecule has 13 heteroatoms. The molecule has 1 saturated carbocycles. The van der Waals surface area contributed by atoms with Gasteiger partial charge in [-0.1, -0.05) is 0 Å². The van der Waals surface area contributed by atoms with Gasteiger partial charge in [-0.3, -0.25) is 4.68 Å². The first-order chi connectivity index (χ1) is 13.9. The molecule has 2 heterocycles. The topological polar surface area (TPSA) is 93.7 Å². The zero-order chi connectivity index (χ0) is 21.7. The molecule has 1 aliphatic rings. The van der Waals surface area contributed by atoms with Gasteiger partial charge in [-0.15, -0.1) is 0 Å². The second-order valence-electron chi connectivity index (χ2n) is 7.49. The summed E-state index contributed by atoms with van der Waals surface area (Å²) in [6.07, 6.45) is -1.24. The van der Waals surface area contributed by atoms with E-state index in [2.05, 4.69) is 25.7 Å². The van der Waals surface area contributed by atoms with Crippen LogP contribution in [0.5, 0.6) is 0 Å². The summed E-state index contributed by atoms with van der Waals surface area (Å²) in [6, 6.07) is 4.54. The van der Waals surface area contributed by atoms with Crippen molar-refractivity contribution in [1.82, 2.24) is 19.7 Å². The molecule has 2 aromatic heterocycles. The lowest BCUT2D eigenvalue weighted by molar-refractivity contribution is -0.137. The Bertz CT molecular complexity index is 1070. The maximum absolute atomic E-state index is 12.8. The van der Waals surface area contributed by atoms with Crippen molar-refractivity contribution in [2.75, 3.05) is 17.2 Å². The summed E-state index contributed by atoms with van der Waals surface area (Å²) >= 11 is 0. The number of benzene rings is 1. The highest BCUT2D eigenvalue weighted by Crippen LogP contribution is 2.33. The summed E-state index contributed by atoms with van der Waals surface area (Å²) in [5.74, 6) is 0.513. The number of halogens is 3. The Kier molecular flexibility index (Phi) is 4.76. The second kappa shape index (κ2) is 6.93. The van der Waals surface area contributed by atoms with Gasteiger partial charge in [0, 0.05) is 17.8 Å². The van der Waals surface area contributed by atoms with E-state index in [1.807, 2.05) is 0 Å². The van der Waals surface area contributed by atoms with Crippen LogP contribution in [0.25, 0.3) is 11.0 Å². The van der Waals surface area contributed by atoms with E-state index in [9.17, 15) is 13.2 Å². The molecule has 0 amide bonds. The number of hydrogen-bond acceptors (Lipinski definition) is 6. The number of nitrogens with one attached hydrogen (secondary N) is 2. The molecule has 1 fully saturated rings. The third-order valence-electron chi connectivity index (χ3n) is 4.76. The van der Waals surface area contributed by atoms with Crippen molar-refractivity contribution in [1.29, 1.82) is 0 Å². The van der Waals surface area contributed by atoms with Crippen LogP contribution in [-0.2, 0) is 11.4 Å². The van der Waals surface area contributed by atoms with E-state index in [0.717, 1.165) is 29.7 Å². The Labute approximate surface area is 174 Å². The number of fused-ring (bicyclic) bond motifs is 1. The van der Waals surface area contributed by atoms with E-state index in [4.69, 9.17) is 29.3 Å². The van der Waals surface area contributed by atoms with Gasteiger partial charge in [-0.2, -0.15) is 28.2 Å². The highest BCUT2D eigenvalue weighted by atomic mass is 19.4. The fourth-order valence-corrected chi connectivity index (χ4v) is 2.84. The van der Waals surface area contributed by atoms with Crippen LogP contribution in [0.15, 0.2) is 30.5 Å². The lowest BCUT2D eigenvalue weighted by atomic mass is 9.49. The van der Waals surface area contributed by atoms with Gasteiger partial charge in [0.05, 0.1) is 40.7 Å². The second-order valence-corrected chi connectivity index (χ2v) is 7.49. The van der Waals surface area contributed by atoms with Crippen LogP contribution in [0, 0.1) is 0 Å². The molecule has 1 aliphatic carbocycles. The molecule has 7 nitrogen and oxygen atoms in total. The number of rotatable bonds is 6. The van der Waals surface area contributed by atoms with Gasteiger partial charge in [0.25, 0.3) is 0 Å². The third kappa shape index (κ3) is 4.25. The molecule has 30 heavy (non-hydrogen) atoms. The van der Waals surface area contributed by atoms with Crippen LogP contribution < -0.4 is 16.4 Å². The van der Waals surface area contributed by atoms with Crippen molar-refractivity contribution in [2.24, 2.45) is 5.73 Å². The highest BCUT2D eigenvalue weighted by Gasteiger charge is 2.38. The summed E-state index contributed by atoms with van der Waals surface area (Å²) in [6.45, 7) is 0.450. The Hall–Kier alpha value is -2.69. The number of nitrogens with two attached hydrogens (primary N) is 1. The summed E-state index contributed by atoms with van der Waals surface area (Å²) in [7, 11) is 17.3. The fraction of sp³-hybridized carbons (Fsp3) is 0.353. The summed E-state index contributed by atoms with van der Waals surface area (Å²) in [5, 5.41) is 8.73. The van der Waals surface area contributed by atoms with Gasteiger partial charge in [0.2, 0.25) is 5.95 Å². The number of alkyl halides is 3. The predicted molar refractivity (Wildman–Crippen MR) is 110 cm³/mol. The van der Waals surface area contributed by atoms with E-state index in [1.54, 1.807) is 0 Å². The highest BCUT2D eigenvalue weighted by molar-refractivity contribution is 6.56. The molecule has 0 saturated heterocycles. The minimum atomic E-state index is -4.42. The first-order valence-electron chi connectivity index (χ1n) is 9.05. The smallest absolute Gasteiger partial charge is 0.352 e. The van der Waals surface area contributed by atoms with Crippen LogP contribution in [0.1, 0.15) is 18.4 Å². The molecule has 0 spiro atoms. The number of aromatic nitrogens is 4. The van der Waals surface area contributed by atoms with Gasteiger partial charge in [-0.05, 0) is 42.3 Å². The summed E-state index contributed by atoms with van der Waals surface area (Å²) in [4.78, 5) is 8.78. The van der Waals surface area contributed by atoms with Crippen molar-refractivity contribution >= 4 is 52.0 Å². The summed E-state index contributed by atoms with van der Waals surface area (Å²) < 4.78 is 39.5. The Morgan fingerprint density at radius 2 is 1.77 bits per heavy atom. The van der Waals surface area contributed by atoms with Crippen LogP contribution in [0.4, 0.5) is 30.6 Å². The largest absolute Gasteiger partial charge is 0.416 e. The molecule has 3 aromatic rings. The van der Waals surface area contributed by atoms with Crippen LogP contribution >= 0.6 is 0 Å². The van der Waals surface area contributed by atoms with E-state index in [1.165, 1.54) is 18.3 Å². The predicted octanol–water partition coefficient (Wildman–Crippen LogP) is 1.57. The van der Waals surface area contributed by atoms with Crippen LogP contribution in [-0.4, -0.2) is 55.4 Å². The van der Waals surface area contributed by atoms with Crippen molar-refractivity contribution in [3.8, 4) is 0 Å².